The lowest BCUT2D eigenvalue weighted by Crippen LogP contribution is -2.30. The van der Waals surface area contributed by atoms with Crippen LogP contribution in [0.2, 0.25) is 0 Å². The number of esters is 3. The van der Waals surface area contributed by atoms with E-state index in [1.165, 1.54) is 148 Å². The molecule has 0 aromatic rings. The molecule has 0 amide bonds. The summed E-state index contributed by atoms with van der Waals surface area (Å²) >= 11 is 0. The van der Waals surface area contributed by atoms with Crippen LogP contribution < -0.4 is 0 Å². The van der Waals surface area contributed by atoms with Gasteiger partial charge in [0, 0.05) is 19.3 Å². The van der Waals surface area contributed by atoms with Crippen LogP contribution in [0.4, 0.5) is 0 Å². The number of carbonyl (C=O) groups excluding carboxylic acids is 3. The van der Waals surface area contributed by atoms with Crippen molar-refractivity contribution < 1.29 is 28.6 Å². The molecule has 0 radical (unpaired) electrons. The highest BCUT2D eigenvalue weighted by Crippen LogP contribution is 2.16. The fourth-order valence-corrected chi connectivity index (χ4v) is 8.56. The van der Waals surface area contributed by atoms with Crippen molar-refractivity contribution in [1.82, 2.24) is 0 Å². The Morgan fingerprint density at radius 2 is 0.542 bits per heavy atom. The van der Waals surface area contributed by atoms with Crippen molar-refractivity contribution in [3.8, 4) is 0 Å². The lowest BCUT2D eigenvalue weighted by molar-refractivity contribution is -0.167. The molecule has 0 N–H and O–H groups in total. The van der Waals surface area contributed by atoms with Gasteiger partial charge in [0.15, 0.2) is 6.10 Å². The third-order valence-corrected chi connectivity index (χ3v) is 13.1. The van der Waals surface area contributed by atoms with Crippen molar-refractivity contribution in [2.75, 3.05) is 13.2 Å². The minimum Gasteiger partial charge on any atom is -0.462 e. The lowest BCUT2D eigenvalue weighted by Gasteiger charge is -2.18. The largest absolute Gasteiger partial charge is 0.462 e. The highest BCUT2D eigenvalue weighted by molar-refractivity contribution is 5.71. The molecule has 0 heterocycles. The van der Waals surface area contributed by atoms with Crippen LogP contribution in [-0.2, 0) is 28.6 Å². The van der Waals surface area contributed by atoms with Gasteiger partial charge in [0.25, 0.3) is 0 Å². The maximum Gasteiger partial charge on any atom is 0.306 e. The van der Waals surface area contributed by atoms with Gasteiger partial charge in [-0.3, -0.25) is 14.4 Å². The van der Waals surface area contributed by atoms with Gasteiger partial charge in [-0.1, -0.05) is 266 Å². The highest BCUT2D eigenvalue weighted by Gasteiger charge is 2.19. The quantitative estimate of drug-likeness (QED) is 0.0261. The van der Waals surface area contributed by atoms with Gasteiger partial charge < -0.3 is 14.2 Å². The molecule has 72 heavy (non-hydrogen) atoms. The van der Waals surface area contributed by atoms with Crippen LogP contribution in [0.1, 0.15) is 297 Å². The third-order valence-electron chi connectivity index (χ3n) is 13.1. The summed E-state index contributed by atoms with van der Waals surface area (Å²) in [6.07, 6.45) is 78.6. The molecule has 0 rings (SSSR count). The summed E-state index contributed by atoms with van der Waals surface area (Å²) in [6, 6.07) is 0. The van der Waals surface area contributed by atoms with Gasteiger partial charge in [-0.2, -0.15) is 0 Å². The zero-order valence-corrected chi connectivity index (χ0v) is 47.4. The second kappa shape index (κ2) is 60.1. The SMILES string of the molecule is CC/C=C\C/C=C\C/C=C\C/C=C\C/C=C\CCCCCCCCCCCC(=O)OCC(COC(=O)CCCCCCCCCCCCC)OC(=O)CCCCCCCCC/C=C\C/C=C\CCCCCC. The van der Waals surface area contributed by atoms with E-state index < -0.39 is 6.10 Å². The van der Waals surface area contributed by atoms with E-state index in [0.717, 1.165) is 109 Å². The zero-order valence-electron chi connectivity index (χ0n) is 47.4. The van der Waals surface area contributed by atoms with E-state index in [4.69, 9.17) is 14.2 Å². The fraction of sp³-hybridized carbons (Fsp3) is 0.742. The molecule has 6 heteroatoms. The summed E-state index contributed by atoms with van der Waals surface area (Å²) in [4.78, 5) is 38.2. The number of hydrogen-bond acceptors (Lipinski definition) is 6. The molecule has 0 spiro atoms. The van der Waals surface area contributed by atoms with Gasteiger partial charge in [0.1, 0.15) is 13.2 Å². The Hall–Kier alpha value is -3.41. The summed E-state index contributed by atoms with van der Waals surface area (Å²) < 4.78 is 16.9. The van der Waals surface area contributed by atoms with Crippen LogP contribution in [0.3, 0.4) is 0 Å². The molecule has 0 aromatic heterocycles. The van der Waals surface area contributed by atoms with Crippen LogP contribution in [0.25, 0.3) is 0 Å². The van der Waals surface area contributed by atoms with Crippen LogP contribution >= 0.6 is 0 Å². The van der Waals surface area contributed by atoms with Crippen LogP contribution in [0, 0.1) is 0 Å². The Balaban J connectivity index is 4.31. The van der Waals surface area contributed by atoms with Crippen molar-refractivity contribution in [1.29, 1.82) is 0 Å². The predicted octanol–water partition coefficient (Wildman–Crippen LogP) is 20.7. The smallest absolute Gasteiger partial charge is 0.306 e. The second-order valence-electron chi connectivity index (χ2n) is 20.2. The number of rotatable bonds is 55. The average Bonchev–Trinajstić information content (AvgIpc) is 3.38. The van der Waals surface area contributed by atoms with Crippen LogP contribution in [0.5, 0.6) is 0 Å². The number of allylic oxidation sites excluding steroid dienone is 14. The standard InChI is InChI=1S/C66H114O6/c1-4-7-10-13-16-19-22-24-26-28-30-31-32-33-34-35-36-38-39-41-44-47-50-53-56-59-65(68)71-62-63(61-70-64(67)58-55-52-49-46-43-21-18-15-12-9-6-3)72-66(69)60-57-54-51-48-45-42-40-37-29-27-25-23-20-17-14-11-8-5-2/h7,10,16,19-20,23-24,26-27,29-31,33-34,63H,4-6,8-9,11-15,17-18,21-22,25,28,32,35-62H2,1-3H3/b10-7-,19-16-,23-20-,26-24-,29-27-,31-30-,34-33-. The number of carbonyl (C=O) groups is 3. The highest BCUT2D eigenvalue weighted by atomic mass is 16.6. The van der Waals surface area contributed by atoms with Crippen LogP contribution in [0.15, 0.2) is 85.1 Å². The summed E-state index contributed by atoms with van der Waals surface area (Å²) in [6.45, 7) is 6.51. The second-order valence-corrected chi connectivity index (χ2v) is 20.2. The first-order valence-corrected chi connectivity index (χ1v) is 30.6. The Morgan fingerprint density at radius 1 is 0.292 bits per heavy atom. The van der Waals surface area contributed by atoms with Gasteiger partial charge in [-0.15, -0.1) is 0 Å². The number of ether oxygens (including phenoxy) is 3. The molecule has 6 nitrogen and oxygen atoms in total. The number of hydrogen-bond donors (Lipinski definition) is 0. The molecular weight excluding hydrogens is 889 g/mol. The molecule has 0 fully saturated rings. The van der Waals surface area contributed by atoms with Gasteiger partial charge in [-0.25, -0.2) is 0 Å². The molecule has 0 aromatic carbocycles. The molecule has 0 saturated carbocycles. The molecule has 414 valence electrons. The Kier molecular flexibility index (Phi) is 57.3. The van der Waals surface area contributed by atoms with E-state index in [0.29, 0.717) is 19.3 Å². The molecule has 0 bridgehead atoms. The molecule has 0 saturated heterocycles. The van der Waals surface area contributed by atoms with Crippen molar-refractivity contribution in [2.45, 2.75) is 303 Å². The molecule has 1 unspecified atom stereocenters. The van der Waals surface area contributed by atoms with Gasteiger partial charge in [-0.05, 0) is 96.3 Å². The van der Waals surface area contributed by atoms with Crippen molar-refractivity contribution in [2.24, 2.45) is 0 Å². The Morgan fingerprint density at radius 3 is 0.861 bits per heavy atom. The van der Waals surface area contributed by atoms with Crippen molar-refractivity contribution in [3.63, 3.8) is 0 Å². The van der Waals surface area contributed by atoms with E-state index in [2.05, 4.69) is 106 Å². The van der Waals surface area contributed by atoms with Crippen molar-refractivity contribution in [3.05, 3.63) is 85.1 Å². The van der Waals surface area contributed by atoms with Gasteiger partial charge in [0.05, 0.1) is 0 Å². The lowest BCUT2D eigenvalue weighted by atomic mass is 10.1. The zero-order chi connectivity index (χ0) is 52.2. The number of unbranched alkanes of at least 4 members (excludes halogenated alkanes) is 30. The monoisotopic (exact) mass is 1000 g/mol. The first-order chi connectivity index (χ1) is 35.5. The Bertz CT molecular complexity index is 1380. The Labute approximate surface area is 445 Å². The maximum absolute atomic E-state index is 12.9. The molecular formula is C66H114O6. The van der Waals surface area contributed by atoms with Gasteiger partial charge >= 0.3 is 17.9 Å². The average molecular weight is 1000 g/mol. The minimum absolute atomic E-state index is 0.0791. The molecule has 0 aliphatic heterocycles. The minimum atomic E-state index is -0.782. The maximum atomic E-state index is 12.9. The third kappa shape index (κ3) is 57.5. The molecule has 0 aliphatic carbocycles. The van der Waals surface area contributed by atoms with E-state index in [1.807, 2.05) is 0 Å². The van der Waals surface area contributed by atoms with E-state index in [9.17, 15) is 14.4 Å². The summed E-state index contributed by atoms with van der Waals surface area (Å²) in [5, 5.41) is 0. The van der Waals surface area contributed by atoms with Crippen LogP contribution in [-0.4, -0.2) is 37.2 Å². The van der Waals surface area contributed by atoms with Crippen molar-refractivity contribution >= 4 is 17.9 Å². The fourth-order valence-electron chi connectivity index (χ4n) is 8.56. The first kappa shape index (κ1) is 68.6. The first-order valence-electron chi connectivity index (χ1n) is 30.6. The molecule has 1 atom stereocenters. The van der Waals surface area contributed by atoms with E-state index in [-0.39, 0.29) is 31.1 Å². The summed E-state index contributed by atoms with van der Waals surface area (Å²) in [5.74, 6) is -0.884. The molecule has 0 aliphatic rings. The normalized spacial score (nSPS) is 12.7. The topological polar surface area (TPSA) is 78.9 Å². The summed E-state index contributed by atoms with van der Waals surface area (Å²) in [7, 11) is 0. The van der Waals surface area contributed by atoms with Gasteiger partial charge in [0.2, 0.25) is 0 Å². The van der Waals surface area contributed by atoms with E-state index in [1.54, 1.807) is 0 Å². The summed E-state index contributed by atoms with van der Waals surface area (Å²) in [5.41, 5.74) is 0. The predicted molar refractivity (Wildman–Crippen MR) is 311 cm³/mol. The van der Waals surface area contributed by atoms with E-state index >= 15 is 0 Å².